The van der Waals surface area contributed by atoms with E-state index in [2.05, 4.69) is 48.8 Å². The molecule has 1 aromatic carbocycles. The first kappa shape index (κ1) is 40.1. The van der Waals surface area contributed by atoms with Gasteiger partial charge in [0.2, 0.25) is 0 Å². The average Bonchev–Trinajstić information content (AvgIpc) is 2.79. The van der Waals surface area contributed by atoms with Crippen molar-refractivity contribution in [1.29, 1.82) is 0 Å². The number of hydrogen-bond acceptors (Lipinski definition) is 4. The number of ketones is 2. The molecule has 0 aromatic heterocycles. The van der Waals surface area contributed by atoms with Crippen LogP contribution in [0.3, 0.4) is 0 Å². The van der Waals surface area contributed by atoms with Gasteiger partial charge in [-0.15, -0.1) is 6.42 Å². The van der Waals surface area contributed by atoms with Gasteiger partial charge in [0, 0.05) is 30.8 Å². The van der Waals surface area contributed by atoms with Gasteiger partial charge in [0.1, 0.15) is 12.6 Å². The quantitative estimate of drug-likeness (QED) is 0.339. The van der Waals surface area contributed by atoms with Gasteiger partial charge < -0.3 is 10.1 Å². The molecule has 0 saturated heterocycles. The highest BCUT2D eigenvalue weighted by Gasteiger charge is 2.22. The van der Waals surface area contributed by atoms with E-state index in [-0.39, 0.29) is 25.5 Å². The maximum Gasteiger partial charge on any atom is 0.168 e. The molecule has 0 fully saturated rings. The SMILES string of the molecule is C.C#CC#CC#CC.C=O.CC(C)CCC(=O)C(C)(C)C.CNCc1ccc(C(=O)C(C)(C)C)cc1.[HH]. The minimum absolute atomic E-state index is 0. The maximum atomic E-state index is 11.9. The van der Waals surface area contributed by atoms with E-state index in [1.54, 1.807) is 6.92 Å². The Morgan fingerprint density at radius 2 is 1.47 bits per heavy atom. The molecule has 0 amide bonds. The van der Waals surface area contributed by atoms with Crippen LogP contribution in [0.15, 0.2) is 24.3 Å². The Morgan fingerprint density at radius 3 is 1.81 bits per heavy atom. The molecule has 0 spiro atoms. The second kappa shape index (κ2) is 22.3. The molecule has 4 heteroatoms. The molecule has 1 N–H and O–H groups in total. The van der Waals surface area contributed by atoms with E-state index in [0.29, 0.717) is 11.7 Å². The van der Waals surface area contributed by atoms with Crippen LogP contribution < -0.4 is 5.32 Å². The van der Waals surface area contributed by atoms with Gasteiger partial charge in [-0.3, -0.25) is 9.59 Å². The lowest BCUT2D eigenvalue weighted by Crippen LogP contribution is -2.20. The molecule has 202 valence electrons. The molecule has 0 aliphatic carbocycles. The Morgan fingerprint density at radius 1 is 0.972 bits per heavy atom. The van der Waals surface area contributed by atoms with E-state index < -0.39 is 0 Å². The minimum atomic E-state index is -0.301. The first-order valence-electron chi connectivity index (χ1n) is 11.7. The Labute approximate surface area is 223 Å². The van der Waals surface area contributed by atoms with Crippen LogP contribution in [0.4, 0.5) is 0 Å². The summed E-state index contributed by atoms with van der Waals surface area (Å²) in [4.78, 5) is 31.3. The number of nitrogens with one attached hydrogen (secondary N) is 1. The van der Waals surface area contributed by atoms with Crippen molar-refractivity contribution in [3.8, 4) is 36.0 Å². The highest BCUT2D eigenvalue weighted by molar-refractivity contribution is 5.99. The van der Waals surface area contributed by atoms with Crippen molar-refractivity contribution in [2.45, 2.75) is 89.1 Å². The predicted octanol–water partition coefficient (Wildman–Crippen LogP) is 7.02. The first-order chi connectivity index (χ1) is 16.2. The minimum Gasteiger partial charge on any atom is -0.316 e. The van der Waals surface area contributed by atoms with Crippen LogP contribution in [0, 0.1) is 52.8 Å². The zero-order chi connectivity index (χ0) is 28.1. The van der Waals surface area contributed by atoms with Crippen LogP contribution in [-0.4, -0.2) is 25.4 Å². The summed E-state index contributed by atoms with van der Waals surface area (Å²) < 4.78 is 0. The van der Waals surface area contributed by atoms with E-state index in [1.165, 1.54) is 5.56 Å². The van der Waals surface area contributed by atoms with Gasteiger partial charge in [-0.25, -0.2) is 0 Å². The van der Waals surface area contributed by atoms with Gasteiger partial charge in [0.15, 0.2) is 5.78 Å². The molecule has 0 radical (unpaired) electrons. The summed E-state index contributed by atoms with van der Waals surface area (Å²) in [6, 6.07) is 7.80. The van der Waals surface area contributed by atoms with Gasteiger partial charge in [0.25, 0.3) is 0 Å². The van der Waals surface area contributed by atoms with Crippen molar-refractivity contribution in [3.05, 3.63) is 35.4 Å². The van der Waals surface area contributed by atoms with Gasteiger partial charge in [-0.05, 0) is 55.6 Å². The summed E-state index contributed by atoms with van der Waals surface area (Å²) in [5.74, 6) is 13.2. The molecular formula is C32H51NO3. The molecule has 4 nitrogen and oxygen atoms in total. The van der Waals surface area contributed by atoms with E-state index in [0.717, 1.165) is 24.9 Å². The molecule has 0 bridgehead atoms. The second-order valence-electron chi connectivity index (χ2n) is 10.2. The van der Waals surface area contributed by atoms with Crippen LogP contribution in [0.5, 0.6) is 0 Å². The van der Waals surface area contributed by atoms with Gasteiger partial charge >= 0.3 is 0 Å². The summed E-state index contributed by atoms with van der Waals surface area (Å²) in [5, 5.41) is 3.08. The molecule has 0 saturated carbocycles. The van der Waals surface area contributed by atoms with Crippen LogP contribution in [-0.2, 0) is 16.1 Å². The summed E-state index contributed by atoms with van der Waals surface area (Å²) in [6.45, 7) is 20.6. The highest BCUT2D eigenvalue weighted by Crippen LogP contribution is 2.21. The normalized spacial score (nSPS) is 9.28. The van der Waals surface area contributed by atoms with E-state index in [9.17, 15) is 9.59 Å². The van der Waals surface area contributed by atoms with Crippen LogP contribution in [0.1, 0.15) is 99.9 Å². The molecule has 0 unspecified atom stereocenters. The van der Waals surface area contributed by atoms with E-state index in [1.807, 2.05) is 79.6 Å². The summed E-state index contributed by atoms with van der Waals surface area (Å²) >= 11 is 0. The molecule has 0 aliphatic rings. The lowest BCUT2D eigenvalue weighted by atomic mass is 9.86. The summed E-state index contributed by atoms with van der Waals surface area (Å²) in [7, 11) is 1.91. The summed E-state index contributed by atoms with van der Waals surface area (Å²) in [5.41, 5.74) is 1.55. The smallest absolute Gasteiger partial charge is 0.168 e. The average molecular weight is 498 g/mol. The predicted molar refractivity (Wildman–Crippen MR) is 158 cm³/mol. The van der Waals surface area contributed by atoms with Crippen LogP contribution >= 0.6 is 0 Å². The molecule has 0 aliphatic heterocycles. The van der Waals surface area contributed by atoms with E-state index in [4.69, 9.17) is 11.2 Å². The van der Waals surface area contributed by atoms with Crippen LogP contribution in [0.2, 0.25) is 0 Å². The van der Waals surface area contributed by atoms with Crippen molar-refractivity contribution in [2.75, 3.05) is 7.05 Å². The third-order valence-corrected chi connectivity index (χ3v) is 4.39. The maximum absolute atomic E-state index is 11.9. The standard InChI is InChI=1S/C13H19NO.C10H20O.C7H4.CH2O.CH4.H2/c1-13(2,3)12(15)11-7-5-10(6-8-11)9-14-4;1-8(2)6-7-9(11)10(3,4)5;1-3-5-7-6-4-2;1-2;;/h5-8,14H,9H2,1-4H3;8H,6-7H2,1-5H3;1H,2H3;1H2;1H4;1H. The van der Waals surface area contributed by atoms with Gasteiger partial charge in [-0.1, -0.05) is 93.0 Å². The van der Waals surface area contributed by atoms with Crippen molar-refractivity contribution < 1.29 is 15.8 Å². The fourth-order valence-electron chi connectivity index (χ4n) is 2.34. The number of benzene rings is 1. The Balaban J connectivity index is -0.000000138. The lowest BCUT2D eigenvalue weighted by molar-refractivity contribution is -0.126. The van der Waals surface area contributed by atoms with Crippen molar-refractivity contribution >= 4 is 18.4 Å². The Hall–Kier alpha value is -3.13. The number of carbonyl (C=O) groups excluding carboxylic acids is 3. The Kier molecular flexibility index (Phi) is 24.9. The molecule has 1 aromatic rings. The van der Waals surface area contributed by atoms with Crippen molar-refractivity contribution in [1.82, 2.24) is 5.32 Å². The lowest BCUT2D eigenvalue weighted by Gasteiger charge is -2.16. The summed E-state index contributed by atoms with van der Waals surface area (Å²) in [6.07, 6.45) is 6.54. The topological polar surface area (TPSA) is 63.2 Å². The number of hydrogen-bond donors (Lipinski definition) is 1. The van der Waals surface area contributed by atoms with Crippen molar-refractivity contribution in [3.63, 3.8) is 0 Å². The number of terminal acetylenes is 1. The Bertz CT molecular complexity index is 904. The highest BCUT2D eigenvalue weighted by atomic mass is 16.1. The zero-order valence-electron chi connectivity index (χ0n) is 23.5. The van der Waals surface area contributed by atoms with Crippen LogP contribution in [0.25, 0.3) is 0 Å². The fourth-order valence-corrected chi connectivity index (χ4v) is 2.34. The fraction of sp³-hybridized carbons (Fsp3) is 0.531. The number of carbonyl (C=O) groups is 3. The molecule has 1 rings (SSSR count). The zero-order valence-corrected chi connectivity index (χ0v) is 23.5. The van der Waals surface area contributed by atoms with E-state index >= 15 is 0 Å². The monoisotopic (exact) mass is 497 g/mol. The largest absolute Gasteiger partial charge is 0.316 e. The molecular weight excluding hydrogens is 446 g/mol. The second-order valence-corrected chi connectivity index (χ2v) is 10.2. The third kappa shape index (κ3) is 22.7. The third-order valence-electron chi connectivity index (χ3n) is 4.39. The molecule has 0 atom stereocenters. The molecule has 36 heavy (non-hydrogen) atoms. The molecule has 0 heterocycles. The first-order valence-corrected chi connectivity index (χ1v) is 11.7. The van der Waals surface area contributed by atoms with Gasteiger partial charge in [-0.2, -0.15) is 0 Å². The van der Waals surface area contributed by atoms with Crippen molar-refractivity contribution in [2.24, 2.45) is 16.7 Å². The number of Topliss-reactive ketones (excluding diaryl/α,β-unsaturated/α-hetero) is 2. The number of rotatable bonds is 6. The van der Waals surface area contributed by atoms with Gasteiger partial charge in [0.05, 0.1) is 0 Å².